The van der Waals surface area contributed by atoms with Crippen LogP contribution in [0.15, 0.2) is 0 Å². The molecule has 1 aliphatic heterocycles. The van der Waals surface area contributed by atoms with E-state index >= 15 is 0 Å². The van der Waals surface area contributed by atoms with Gasteiger partial charge >= 0.3 is 0 Å². The summed E-state index contributed by atoms with van der Waals surface area (Å²) in [5, 5.41) is 2.74. The molecule has 0 aliphatic carbocycles. The molecule has 0 radical (unpaired) electrons. The largest absolute Gasteiger partial charge is 0.343 e. The fraction of sp³-hybridized carbons (Fsp3) is 0.692. The van der Waals surface area contributed by atoms with Crippen LogP contribution in [0.5, 0.6) is 0 Å². The zero-order chi connectivity index (χ0) is 13.2. The van der Waals surface area contributed by atoms with Gasteiger partial charge in [-0.25, -0.2) is 0 Å². The van der Waals surface area contributed by atoms with Crippen LogP contribution in [0.2, 0.25) is 0 Å². The number of hydrogen-bond acceptors (Lipinski definition) is 2. The van der Waals surface area contributed by atoms with Crippen LogP contribution in [0.25, 0.3) is 0 Å². The standard InChI is InChI=1S/C13H20N2O2/c1-6-8-10-12(17)15(13(4,5)7-2)9(3)11(16)14-10/h2,9-10H,6,8H2,1,3-5H3,(H,14,16). The van der Waals surface area contributed by atoms with Crippen LogP contribution in [0.1, 0.15) is 40.5 Å². The minimum absolute atomic E-state index is 0.0816. The van der Waals surface area contributed by atoms with Crippen molar-refractivity contribution in [2.24, 2.45) is 0 Å². The van der Waals surface area contributed by atoms with Crippen LogP contribution in [0.4, 0.5) is 0 Å². The average molecular weight is 236 g/mol. The van der Waals surface area contributed by atoms with Gasteiger partial charge in [0, 0.05) is 0 Å². The summed E-state index contributed by atoms with van der Waals surface area (Å²) in [6.45, 7) is 7.24. The predicted octanol–water partition coefficient (Wildman–Crippen LogP) is 0.914. The second-order valence-electron chi connectivity index (χ2n) is 4.94. The first-order valence-electron chi connectivity index (χ1n) is 5.96. The lowest BCUT2D eigenvalue weighted by Crippen LogP contribution is -2.67. The molecule has 2 amide bonds. The Hall–Kier alpha value is -1.50. The average Bonchev–Trinajstić information content (AvgIpc) is 2.26. The van der Waals surface area contributed by atoms with Crippen LogP contribution in [0.3, 0.4) is 0 Å². The molecule has 17 heavy (non-hydrogen) atoms. The Labute approximate surface area is 103 Å². The number of hydrogen-bond donors (Lipinski definition) is 1. The van der Waals surface area contributed by atoms with E-state index in [1.807, 2.05) is 6.92 Å². The van der Waals surface area contributed by atoms with E-state index in [2.05, 4.69) is 11.2 Å². The highest BCUT2D eigenvalue weighted by atomic mass is 16.2. The Morgan fingerprint density at radius 2 is 2.06 bits per heavy atom. The van der Waals surface area contributed by atoms with Gasteiger partial charge in [-0.05, 0) is 27.2 Å². The number of amides is 2. The van der Waals surface area contributed by atoms with Crippen molar-refractivity contribution in [1.82, 2.24) is 10.2 Å². The van der Waals surface area contributed by atoms with Crippen LogP contribution in [-0.2, 0) is 9.59 Å². The Bertz CT molecular complexity index is 368. The summed E-state index contributed by atoms with van der Waals surface area (Å²) < 4.78 is 0. The monoisotopic (exact) mass is 236 g/mol. The van der Waals surface area contributed by atoms with Gasteiger partial charge in [-0.3, -0.25) is 9.59 Å². The van der Waals surface area contributed by atoms with Crippen molar-refractivity contribution >= 4 is 11.8 Å². The number of carbonyl (C=O) groups excluding carboxylic acids is 2. The van der Waals surface area contributed by atoms with Crippen molar-refractivity contribution in [3.8, 4) is 12.3 Å². The molecule has 1 saturated heterocycles. The topological polar surface area (TPSA) is 49.4 Å². The molecule has 4 nitrogen and oxygen atoms in total. The maximum absolute atomic E-state index is 12.3. The molecule has 0 saturated carbocycles. The van der Waals surface area contributed by atoms with Crippen molar-refractivity contribution in [3.63, 3.8) is 0 Å². The third-order valence-electron chi connectivity index (χ3n) is 3.15. The summed E-state index contributed by atoms with van der Waals surface area (Å²) in [4.78, 5) is 25.6. The van der Waals surface area contributed by atoms with E-state index in [1.54, 1.807) is 20.8 Å². The highest BCUT2D eigenvalue weighted by Gasteiger charge is 2.43. The molecule has 2 atom stereocenters. The molecule has 1 N–H and O–H groups in total. The Morgan fingerprint density at radius 3 is 2.53 bits per heavy atom. The molecule has 4 heteroatoms. The van der Waals surface area contributed by atoms with Gasteiger partial charge in [0.05, 0.1) is 5.54 Å². The number of terminal acetylenes is 1. The number of rotatable bonds is 3. The fourth-order valence-electron chi connectivity index (χ4n) is 2.14. The number of carbonyl (C=O) groups is 2. The van der Waals surface area contributed by atoms with Crippen molar-refractivity contribution in [3.05, 3.63) is 0 Å². The van der Waals surface area contributed by atoms with Gasteiger partial charge in [0.2, 0.25) is 11.8 Å². The minimum atomic E-state index is -0.736. The normalized spacial score (nSPS) is 25.5. The first kappa shape index (κ1) is 13.6. The van der Waals surface area contributed by atoms with Crippen molar-refractivity contribution in [2.45, 2.75) is 58.2 Å². The van der Waals surface area contributed by atoms with Gasteiger partial charge < -0.3 is 10.2 Å². The van der Waals surface area contributed by atoms with Crippen molar-refractivity contribution in [1.29, 1.82) is 0 Å². The van der Waals surface area contributed by atoms with E-state index in [1.165, 1.54) is 4.90 Å². The lowest BCUT2D eigenvalue weighted by atomic mass is 9.95. The third kappa shape index (κ3) is 2.44. The molecule has 1 aliphatic rings. The van der Waals surface area contributed by atoms with E-state index in [0.29, 0.717) is 6.42 Å². The zero-order valence-corrected chi connectivity index (χ0v) is 10.9. The minimum Gasteiger partial charge on any atom is -0.343 e. The number of nitrogens with one attached hydrogen (secondary N) is 1. The quantitative estimate of drug-likeness (QED) is 0.741. The molecule has 1 heterocycles. The third-order valence-corrected chi connectivity index (χ3v) is 3.15. The summed E-state index contributed by atoms with van der Waals surface area (Å²) in [5.74, 6) is 2.37. The second kappa shape index (κ2) is 4.79. The predicted molar refractivity (Wildman–Crippen MR) is 66.1 cm³/mol. The molecule has 2 unspecified atom stereocenters. The first-order chi connectivity index (χ1) is 7.85. The van der Waals surface area contributed by atoms with Gasteiger partial charge in [-0.15, -0.1) is 6.42 Å². The summed E-state index contributed by atoms with van der Waals surface area (Å²) >= 11 is 0. The molecular formula is C13H20N2O2. The number of nitrogens with zero attached hydrogens (tertiary/aromatic N) is 1. The molecule has 1 rings (SSSR count). The molecule has 0 aromatic rings. The number of piperazine rings is 1. The van der Waals surface area contributed by atoms with E-state index in [9.17, 15) is 9.59 Å². The smallest absolute Gasteiger partial charge is 0.247 e. The zero-order valence-electron chi connectivity index (χ0n) is 10.9. The van der Waals surface area contributed by atoms with Gasteiger partial charge in [-0.2, -0.15) is 0 Å². The summed E-state index contributed by atoms with van der Waals surface area (Å²) in [5.41, 5.74) is -0.736. The summed E-state index contributed by atoms with van der Waals surface area (Å²) in [6, 6.07) is -0.946. The van der Waals surface area contributed by atoms with Crippen LogP contribution in [-0.4, -0.2) is 34.3 Å². The Morgan fingerprint density at radius 1 is 1.47 bits per heavy atom. The molecule has 94 valence electrons. The SMILES string of the molecule is C#CC(C)(C)N1C(=O)C(CCC)NC(=O)C1C. The maximum atomic E-state index is 12.3. The summed E-state index contributed by atoms with van der Waals surface area (Å²) in [6.07, 6.45) is 6.94. The van der Waals surface area contributed by atoms with E-state index in [4.69, 9.17) is 6.42 Å². The van der Waals surface area contributed by atoms with Gasteiger partial charge in [0.15, 0.2) is 0 Å². The second-order valence-corrected chi connectivity index (χ2v) is 4.94. The molecule has 0 aromatic carbocycles. The van der Waals surface area contributed by atoms with E-state index in [0.717, 1.165) is 6.42 Å². The van der Waals surface area contributed by atoms with Gasteiger partial charge in [0.1, 0.15) is 12.1 Å². The molecule has 0 spiro atoms. The fourth-order valence-corrected chi connectivity index (χ4v) is 2.14. The van der Waals surface area contributed by atoms with Crippen LogP contribution >= 0.6 is 0 Å². The highest BCUT2D eigenvalue weighted by Crippen LogP contribution is 2.23. The summed E-state index contributed by atoms with van der Waals surface area (Å²) in [7, 11) is 0. The Kier molecular flexibility index (Phi) is 3.82. The molecular weight excluding hydrogens is 216 g/mol. The van der Waals surface area contributed by atoms with Gasteiger partial charge in [-0.1, -0.05) is 19.3 Å². The van der Waals surface area contributed by atoms with Crippen LogP contribution in [0, 0.1) is 12.3 Å². The van der Waals surface area contributed by atoms with E-state index < -0.39 is 17.6 Å². The first-order valence-corrected chi connectivity index (χ1v) is 5.96. The molecule has 1 fully saturated rings. The van der Waals surface area contributed by atoms with Gasteiger partial charge in [0.25, 0.3) is 0 Å². The lowest BCUT2D eigenvalue weighted by molar-refractivity contribution is -0.153. The van der Waals surface area contributed by atoms with Crippen LogP contribution < -0.4 is 5.32 Å². The van der Waals surface area contributed by atoms with E-state index in [-0.39, 0.29) is 11.8 Å². The maximum Gasteiger partial charge on any atom is 0.247 e. The van der Waals surface area contributed by atoms with Crippen molar-refractivity contribution < 1.29 is 9.59 Å². The molecule has 0 aromatic heterocycles. The Balaban J connectivity index is 3.04. The highest BCUT2D eigenvalue weighted by molar-refractivity contribution is 5.97. The lowest BCUT2D eigenvalue weighted by Gasteiger charge is -2.44. The van der Waals surface area contributed by atoms with Crippen molar-refractivity contribution in [2.75, 3.05) is 0 Å². The molecule has 0 bridgehead atoms.